The molecule has 118 valence electrons. The summed E-state index contributed by atoms with van der Waals surface area (Å²) in [5, 5.41) is 0. The molecule has 1 nitrogen and oxygen atoms in total. The van der Waals surface area contributed by atoms with Crippen molar-refractivity contribution in [1.82, 2.24) is 4.98 Å². The zero-order valence-electron chi connectivity index (χ0n) is 14.9. The zero-order valence-corrected chi connectivity index (χ0v) is 14.9. The SMILES string of the molecule is CC(C)(C)Cc1cc(Cc2cccc(C(C)(C)C)c2)ccn1. The average molecular weight is 295 g/mol. The summed E-state index contributed by atoms with van der Waals surface area (Å²) in [6.07, 6.45) is 3.94. The van der Waals surface area contributed by atoms with Crippen LogP contribution in [0.5, 0.6) is 0 Å². The summed E-state index contributed by atoms with van der Waals surface area (Å²) in [5.74, 6) is 0. The van der Waals surface area contributed by atoms with Crippen molar-refractivity contribution in [2.24, 2.45) is 5.41 Å². The molecule has 1 aromatic carbocycles. The number of benzene rings is 1. The van der Waals surface area contributed by atoms with E-state index in [0.29, 0.717) is 0 Å². The minimum Gasteiger partial charge on any atom is -0.261 e. The van der Waals surface area contributed by atoms with Crippen LogP contribution in [0.2, 0.25) is 0 Å². The van der Waals surface area contributed by atoms with Gasteiger partial charge in [0.15, 0.2) is 0 Å². The third kappa shape index (κ3) is 4.98. The highest BCUT2D eigenvalue weighted by molar-refractivity contribution is 5.32. The number of rotatable bonds is 3. The Morgan fingerprint density at radius 1 is 0.864 bits per heavy atom. The molecule has 0 aliphatic carbocycles. The fourth-order valence-electron chi connectivity index (χ4n) is 2.66. The van der Waals surface area contributed by atoms with Crippen LogP contribution in [0.25, 0.3) is 0 Å². The first-order valence-electron chi connectivity index (χ1n) is 8.17. The van der Waals surface area contributed by atoms with E-state index in [-0.39, 0.29) is 10.8 Å². The molecule has 0 radical (unpaired) electrons. The van der Waals surface area contributed by atoms with E-state index in [2.05, 4.69) is 82.9 Å². The summed E-state index contributed by atoms with van der Waals surface area (Å²) >= 11 is 0. The van der Waals surface area contributed by atoms with Crippen molar-refractivity contribution in [2.45, 2.75) is 59.8 Å². The van der Waals surface area contributed by atoms with Gasteiger partial charge in [-0.1, -0.05) is 65.8 Å². The fourth-order valence-corrected chi connectivity index (χ4v) is 2.66. The van der Waals surface area contributed by atoms with E-state index in [0.717, 1.165) is 12.8 Å². The van der Waals surface area contributed by atoms with Gasteiger partial charge in [0.1, 0.15) is 0 Å². The molecule has 0 saturated carbocycles. The van der Waals surface area contributed by atoms with Crippen molar-refractivity contribution in [1.29, 1.82) is 0 Å². The second-order valence-electron chi connectivity index (χ2n) is 8.52. The predicted molar refractivity (Wildman–Crippen MR) is 95.3 cm³/mol. The van der Waals surface area contributed by atoms with Gasteiger partial charge < -0.3 is 0 Å². The van der Waals surface area contributed by atoms with Crippen molar-refractivity contribution in [3.05, 3.63) is 65.0 Å². The molecule has 0 saturated heterocycles. The van der Waals surface area contributed by atoms with Crippen LogP contribution in [-0.2, 0) is 18.3 Å². The quantitative estimate of drug-likeness (QED) is 0.722. The van der Waals surface area contributed by atoms with Crippen molar-refractivity contribution in [3.63, 3.8) is 0 Å². The lowest BCUT2D eigenvalue weighted by molar-refractivity contribution is 0.406. The van der Waals surface area contributed by atoms with E-state index in [1.54, 1.807) is 0 Å². The van der Waals surface area contributed by atoms with Gasteiger partial charge in [0.25, 0.3) is 0 Å². The second kappa shape index (κ2) is 6.24. The molecule has 1 heteroatoms. The van der Waals surface area contributed by atoms with Crippen LogP contribution in [0.3, 0.4) is 0 Å². The van der Waals surface area contributed by atoms with Crippen LogP contribution in [0.1, 0.15) is 63.9 Å². The number of nitrogens with zero attached hydrogens (tertiary/aromatic N) is 1. The summed E-state index contributed by atoms with van der Waals surface area (Å²) in [4.78, 5) is 4.52. The van der Waals surface area contributed by atoms with Gasteiger partial charge >= 0.3 is 0 Å². The molecule has 0 aliphatic heterocycles. The molecule has 0 atom stereocenters. The normalized spacial score (nSPS) is 12.5. The van der Waals surface area contributed by atoms with Crippen molar-refractivity contribution in [2.75, 3.05) is 0 Å². The molecule has 2 rings (SSSR count). The highest BCUT2D eigenvalue weighted by atomic mass is 14.7. The number of pyridine rings is 1. The molecular weight excluding hydrogens is 266 g/mol. The lowest BCUT2D eigenvalue weighted by Gasteiger charge is -2.20. The molecule has 0 unspecified atom stereocenters. The Labute approximate surface area is 135 Å². The summed E-state index contributed by atoms with van der Waals surface area (Å²) in [7, 11) is 0. The van der Waals surface area contributed by atoms with Crippen molar-refractivity contribution in [3.8, 4) is 0 Å². The van der Waals surface area contributed by atoms with Crippen LogP contribution in [-0.4, -0.2) is 4.98 Å². The molecule has 0 aliphatic rings. The number of aromatic nitrogens is 1. The van der Waals surface area contributed by atoms with Gasteiger partial charge in [0.05, 0.1) is 0 Å². The van der Waals surface area contributed by atoms with Crippen LogP contribution < -0.4 is 0 Å². The molecule has 0 spiro atoms. The second-order valence-corrected chi connectivity index (χ2v) is 8.52. The Balaban J connectivity index is 2.19. The van der Waals surface area contributed by atoms with Gasteiger partial charge in [-0.3, -0.25) is 4.98 Å². The lowest BCUT2D eigenvalue weighted by atomic mass is 9.85. The largest absolute Gasteiger partial charge is 0.261 e. The topological polar surface area (TPSA) is 12.9 Å². The Kier molecular flexibility index (Phi) is 4.75. The average Bonchev–Trinajstić information content (AvgIpc) is 2.36. The van der Waals surface area contributed by atoms with Crippen LogP contribution in [0.15, 0.2) is 42.6 Å². The summed E-state index contributed by atoms with van der Waals surface area (Å²) in [6, 6.07) is 13.3. The third-order valence-corrected chi connectivity index (χ3v) is 3.79. The van der Waals surface area contributed by atoms with Crippen LogP contribution in [0, 0.1) is 5.41 Å². The van der Waals surface area contributed by atoms with E-state index in [1.165, 1.54) is 22.4 Å². The molecule has 1 aromatic heterocycles. The van der Waals surface area contributed by atoms with Gasteiger partial charge in [-0.15, -0.1) is 0 Å². The fraction of sp³-hybridized carbons (Fsp3) is 0.476. The standard InChI is InChI=1S/C21H29N/c1-20(2,3)15-19-14-17(10-11-22-19)12-16-8-7-9-18(13-16)21(4,5)6/h7-11,13-14H,12,15H2,1-6H3. The van der Waals surface area contributed by atoms with Gasteiger partial charge in [-0.25, -0.2) is 0 Å². The van der Waals surface area contributed by atoms with E-state index in [4.69, 9.17) is 0 Å². The van der Waals surface area contributed by atoms with E-state index < -0.39 is 0 Å². The Morgan fingerprint density at radius 2 is 1.55 bits per heavy atom. The Bertz CT molecular complexity index is 627. The van der Waals surface area contributed by atoms with Crippen LogP contribution in [0.4, 0.5) is 0 Å². The summed E-state index contributed by atoms with van der Waals surface area (Å²) in [6.45, 7) is 13.6. The maximum absolute atomic E-state index is 4.52. The molecule has 0 fully saturated rings. The van der Waals surface area contributed by atoms with E-state index >= 15 is 0 Å². The first kappa shape index (κ1) is 16.7. The van der Waals surface area contributed by atoms with E-state index in [9.17, 15) is 0 Å². The Morgan fingerprint density at radius 3 is 2.18 bits per heavy atom. The van der Waals surface area contributed by atoms with Gasteiger partial charge in [0, 0.05) is 11.9 Å². The molecule has 22 heavy (non-hydrogen) atoms. The highest BCUT2D eigenvalue weighted by Crippen LogP contribution is 2.24. The maximum atomic E-state index is 4.52. The lowest BCUT2D eigenvalue weighted by Crippen LogP contribution is -2.11. The van der Waals surface area contributed by atoms with Crippen LogP contribution >= 0.6 is 0 Å². The van der Waals surface area contributed by atoms with Crippen molar-refractivity contribution >= 4 is 0 Å². The van der Waals surface area contributed by atoms with Gasteiger partial charge in [-0.05, 0) is 52.5 Å². The molecule has 1 heterocycles. The summed E-state index contributed by atoms with van der Waals surface area (Å²) in [5.41, 5.74) is 5.79. The molecule has 0 N–H and O–H groups in total. The Hall–Kier alpha value is -1.63. The first-order chi connectivity index (χ1) is 10.1. The smallest absolute Gasteiger partial charge is 0.0411 e. The third-order valence-electron chi connectivity index (χ3n) is 3.79. The number of hydrogen-bond acceptors (Lipinski definition) is 1. The predicted octanol–water partition coefficient (Wildman–Crippen LogP) is 5.56. The molecule has 0 amide bonds. The minimum absolute atomic E-state index is 0.200. The van der Waals surface area contributed by atoms with E-state index in [1.807, 2.05) is 6.20 Å². The van der Waals surface area contributed by atoms with Gasteiger partial charge in [0.2, 0.25) is 0 Å². The monoisotopic (exact) mass is 295 g/mol. The maximum Gasteiger partial charge on any atom is 0.0411 e. The molecular formula is C21H29N. The summed E-state index contributed by atoms with van der Waals surface area (Å²) < 4.78 is 0. The minimum atomic E-state index is 0.200. The zero-order chi connectivity index (χ0) is 16.4. The first-order valence-corrected chi connectivity index (χ1v) is 8.17. The van der Waals surface area contributed by atoms with Crippen molar-refractivity contribution < 1.29 is 0 Å². The molecule has 0 bridgehead atoms. The molecule has 2 aromatic rings. The number of hydrogen-bond donors (Lipinski definition) is 0. The highest BCUT2D eigenvalue weighted by Gasteiger charge is 2.14. The van der Waals surface area contributed by atoms with Gasteiger partial charge in [-0.2, -0.15) is 0 Å².